The topological polar surface area (TPSA) is 42.0 Å². The fourth-order valence-electron chi connectivity index (χ4n) is 2.14. The number of hydrogen-bond donors (Lipinski definition) is 1. The van der Waals surface area contributed by atoms with E-state index < -0.39 is 0 Å². The number of benzene rings is 2. The van der Waals surface area contributed by atoms with Gasteiger partial charge in [0.1, 0.15) is 0 Å². The molecule has 0 spiro atoms. The van der Waals surface area contributed by atoms with Gasteiger partial charge in [-0.25, -0.2) is 0 Å². The van der Waals surface area contributed by atoms with Crippen molar-refractivity contribution in [1.82, 2.24) is 4.98 Å². The molecular weight excluding hydrogens is 284 g/mol. The monoisotopic (exact) mass is 296 g/mol. The van der Waals surface area contributed by atoms with Crippen LogP contribution in [-0.4, -0.2) is 10.9 Å². The van der Waals surface area contributed by atoms with Crippen LogP contribution in [0.2, 0.25) is 0 Å². The summed E-state index contributed by atoms with van der Waals surface area (Å²) in [5.41, 5.74) is 3.07. The Labute approximate surface area is 127 Å². The van der Waals surface area contributed by atoms with Gasteiger partial charge in [-0.05, 0) is 29.8 Å². The molecule has 2 aromatic carbocycles. The largest absolute Gasteiger partial charge is 0.320 e. The van der Waals surface area contributed by atoms with E-state index in [2.05, 4.69) is 10.3 Å². The summed E-state index contributed by atoms with van der Waals surface area (Å²) < 4.78 is 0. The Hall–Kier alpha value is -2.39. The zero-order chi connectivity index (χ0) is 14.7. The summed E-state index contributed by atoms with van der Waals surface area (Å²) in [7, 11) is 0. The number of nitrogens with one attached hydrogen (secondary N) is 1. The summed E-state index contributed by atoms with van der Waals surface area (Å²) >= 11 is 5.75. The lowest BCUT2D eigenvalue weighted by atomic mass is 10.1. The molecule has 0 fully saturated rings. The summed E-state index contributed by atoms with van der Waals surface area (Å²) in [6.07, 6.45) is 1.72. The van der Waals surface area contributed by atoms with Crippen molar-refractivity contribution in [3.05, 3.63) is 71.9 Å². The van der Waals surface area contributed by atoms with Crippen molar-refractivity contribution in [3.8, 4) is 0 Å². The second kappa shape index (κ2) is 5.94. The highest BCUT2D eigenvalue weighted by Crippen LogP contribution is 2.21. The number of rotatable bonds is 3. The van der Waals surface area contributed by atoms with Crippen LogP contribution in [0.3, 0.4) is 0 Å². The van der Waals surface area contributed by atoms with Crippen LogP contribution >= 0.6 is 11.6 Å². The van der Waals surface area contributed by atoms with E-state index in [-0.39, 0.29) is 5.91 Å². The van der Waals surface area contributed by atoms with Gasteiger partial charge in [-0.15, -0.1) is 11.6 Å². The lowest BCUT2D eigenvalue weighted by molar-refractivity contribution is 0.102. The van der Waals surface area contributed by atoms with Crippen molar-refractivity contribution in [2.45, 2.75) is 5.88 Å². The second-order valence-electron chi connectivity index (χ2n) is 4.67. The molecule has 3 aromatic rings. The number of hydrogen-bond acceptors (Lipinski definition) is 2. The Balaban J connectivity index is 1.89. The van der Waals surface area contributed by atoms with E-state index in [4.69, 9.17) is 11.6 Å². The fraction of sp³-hybridized carbons (Fsp3) is 0.0588. The van der Waals surface area contributed by atoms with Crippen molar-refractivity contribution < 1.29 is 4.79 Å². The molecule has 0 aliphatic rings. The molecular formula is C17H13ClN2O. The van der Waals surface area contributed by atoms with E-state index in [0.29, 0.717) is 17.1 Å². The molecule has 0 radical (unpaired) electrons. The molecule has 4 heteroatoms. The van der Waals surface area contributed by atoms with Crippen molar-refractivity contribution in [1.29, 1.82) is 0 Å². The molecule has 0 aliphatic carbocycles. The number of carbonyl (C=O) groups excluding carboxylic acids is 1. The normalized spacial score (nSPS) is 10.5. The molecule has 0 bridgehead atoms. The molecule has 0 unspecified atom stereocenters. The van der Waals surface area contributed by atoms with Crippen molar-refractivity contribution in [2.75, 3.05) is 5.32 Å². The molecule has 1 amide bonds. The summed E-state index contributed by atoms with van der Waals surface area (Å²) in [4.78, 5) is 16.6. The standard InChI is InChI=1S/C17H13ClN2O/c18-11-12-6-8-14(9-7-12)17(21)20-15-5-1-3-13-4-2-10-19-16(13)15/h1-10H,11H2,(H,20,21). The minimum Gasteiger partial charge on any atom is -0.320 e. The summed E-state index contributed by atoms with van der Waals surface area (Å²) in [5.74, 6) is 0.282. The van der Waals surface area contributed by atoms with E-state index in [1.54, 1.807) is 18.3 Å². The SMILES string of the molecule is O=C(Nc1cccc2cccnc12)c1ccc(CCl)cc1. The minimum absolute atomic E-state index is 0.158. The number of halogens is 1. The average Bonchev–Trinajstić information content (AvgIpc) is 2.55. The van der Waals surface area contributed by atoms with Crippen LogP contribution < -0.4 is 5.32 Å². The number of anilines is 1. The van der Waals surface area contributed by atoms with Crippen molar-refractivity contribution in [3.63, 3.8) is 0 Å². The van der Waals surface area contributed by atoms with Gasteiger partial charge in [-0.2, -0.15) is 0 Å². The quantitative estimate of drug-likeness (QED) is 0.735. The third kappa shape index (κ3) is 2.88. The first-order valence-electron chi connectivity index (χ1n) is 6.58. The number of alkyl halides is 1. The third-order valence-corrected chi connectivity index (χ3v) is 3.56. The lowest BCUT2D eigenvalue weighted by Crippen LogP contribution is -2.12. The van der Waals surface area contributed by atoms with Crippen LogP contribution in [0.25, 0.3) is 10.9 Å². The first kappa shape index (κ1) is 13.6. The zero-order valence-corrected chi connectivity index (χ0v) is 12.0. The molecule has 1 aromatic heterocycles. The predicted molar refractivity (Wildman–Crippen MR) is 85.7 cm³/mol. The Morgan fingerprint density at radius 2 is 1.81 bits per heavy atom. The second-order valence-corrected chi connectivity index (χ2v) is 4.93. The molecule has 0 saturated carbocycles. The maximum atomic E-state index is 12.3. The van der Waals surface area contributed by atoms with Crippen molar-refractivity contribution >= 4 is 34.1 Å². The minimum atomic E-state index is -0.158. The molecule has 0 aliphatic heterocycles. The van der Waals surface area contributed by atoms with Crippen LogP contribution in [0.1, 0.15) is 15.9 Å². The van der Waals surface area contributed by atoms with E-state index >= 15 is 0 Å². The number of aromatic nitrogens is 1. The molecule has 0 saturated heterocycles. The van der Waals surface area contributed by atoms with Gasteiger partial charge in [-0.3, -0.25) is 9.78 Å². The van der Waals surface area contributed by atoms with Crippen LogP contribution in [0, 0.1) is 0 Å². The Bertz CT molecular complexity index is 779. The number of fused-ring (bicyclic) bond motifs is 1. The van der Waals surface area contributed by atoms with E-state index in [0.717, 1.165) is 16.5 Å². The van der Waals surface area contributed by atoms with Crippen LogP contribution in [0.4, 0.5) is 5.69 Å². The van der Waals surface area contributed by atoms with Gasteiger partial charge >= 0.3 is 0 Å². The van der Waals surface area contributed by atoms with E-state index in [1.807, 2.05) is 42.5 Å². The summed E-state index contributed by atoms with van der Waals surface area (Å²) in [6.45, 7) is 0. The fourth-order valence-corrected chi connectivity index (χ4v) is 2.32. The van der Waals surface area contributed by atoms with Gasteiger partial charge in [0.15, 0.2) is 0 Å². The van der Waals surface area contributed by atoms with Gasteiger partial charge in [0.05, 0.1) is 11.2 Å². The average molecular weight is 297 g/mol. The summed E-state index contributed by atoms with van der Waals surface area (Å²) in [6, 6.07) is 16.8. The van der Waals surface area contributed by atoms with Crippen molar-refractivity contribution in [2.24, 2.45) is 0 Å². The van der Waals surface area contributed by atoms with Gasteiger partial charge in [0.2, 0.25) is 0 Å². The molecule has 0 atom stereocenters. The van der Waals surface area contributed by atoms with Gasteiger partial charge in [0.25, 0.3) is 5.91 Å². The molecule has 3 nitrogen and oxygen atoms in total. The Morgan fingerprint density at radius 1 is 1.05 bits per heavy atom. The smallest absolute Gasteiger partial charge is 0.255 e. The maximum absolute atomic E-state index is 12.3. The van der Waals surface area contributed by atoms with Crippen LogP contribution in [0.15, 0.2) is 60.8 Å². The number of carbonyl (C=O) groups is 1. The Morgan fingerprint density at radius 3 is 2.57 bits per heavy atom. The number of pyridine rings is 1. The zero-order valence-electron chi connectivity index (χ0n) is 11.2. The highest BCUT2D eigenvalue weighted by atomic mass is 35.5. The first-order chi connectivity index (χ1) is 10.3. The van der Waals surface area contributed by atoms with Gasteiger partial charge < -0.3 is 5.32 Å². The first-order valence-corrected chi connectivity index (χ1v) is 7.11. The van der Waals surface area contributed by atoms with Gasteiger partial charge in [-0.1, -0.05) is 30.3 Å². The predicted octanol–water partition coefficient (Wildman–Crippen LogP) is 4.23. The molecule has 21 heavy (non-hydrogen) atoms. The van der Waals surface area contributed by atoms with Crippen LogP contribution in [0.5, 0.6) is 0 Å². The number of nitrogens with zero attached hydrogens (tertiary/aromatic N) is 1. The molecule has 104 valence electrons. The highest BCUT2D eigenvalue weighted by molar-refractivity contribution is 6.17. The molecule has 3 rings (SSSR count). The third-order valence-electron chi connectivity index (χ3n) is 3.25. The maximum Gasteiger partial charge on any atom is 0.255 e. The van der Waals surface area contributed by atoms with Crippen LogP contribution in [-0.2, 0) is 5.88 Å². The molecule has 1 heterocycles. The molecule has 1 N–H and O–H groups in total. The van der Waals surface area contributed by atoms with E-state index in [1.165, 1.54) is 0 Å². The summed E-state index contributed by atoms with van der Waals surface area (Å²) in [5, 5.41) is 3.90. The number of amides is 1. The lowest BCUT2D eigenvalue weighted by Gasteiger charge is -2.08. The Kier molecular flexibility index (Phi) is 3.84. The van der Waals surface area contributed by atoms with E-state index in [9.17, 15) is 4.79 Å². The van der Waals surface area contributed by atoms with Gasteiger partial charge in [0, 0.05) is 23.0 Å². The highest BCUT2D eigenvalue weighted by Gasteiger charge is 2.08. The number of para-hydroxylation sites is 1.